The number of hydrogen-bond donors (Lipinski definition) is 1. The smallest absolute Gasteiger partial charge is 0.000770 e. The van der Waals surface area contributed by atoms with E-state index in [9.17, 15) is 0 Å². The molecule has 1 N–H and O–H groups in total. The van der Waals surface area contributed by atoms with Crippen LogP contribution in [0.4, 0.5) is 0 Å². The molecule has 1 saturated carbocycles. The van der Waals surface area contributed by atoms with Gasteiger partial charge >= 0.3 is 0 Å². The summed E-state index contributed by atoms with van der Waals surface area (Å²) in [6, 6.07) is 0. The molecular weight excluding hydrogens is 206 g/mol. The first-order chi connectivity index (χ1) is 8.33. The van der Waals surface area contributed by atoms with Crippen LogP contribution in [0.2, 0.25) is 0 Å². The average Bonchev–Trinajstić information content (AvgIpc) is 2.82. The third kappa shape index (κ3) is 5.90. The molecule has 0 aliphatic heterocycles. The summed E-state index contributed by atoms with van der Waals surface area (Å²) in [6.07, 6.45) is 15.7. The largest absolute Gasteiger partial charge is 0.316 e. The maximum absolute atomic E-state index is 3.71. The highest BCUT2D eigenvalue weighted by Gasteiger charge is 2.31. The minimum atomic E-state index is 0.669. The molecule has 0 saturated heterocycles. The van der Waals surface area contributed by atoms with Crippen LogP contribution in [-0.4, -0.2) is 13.1 Å². The molecule has 0 aromatic heterocycles. The molecule has 0 bridgehead atoms. The lowest BCUT2D eigenvalue weighted by Crippen LogP contribution is -2.32. The van der Waals surface area contributed by atoms with E-state index in [0.717, 1.165) is 0 Å². The molecule has 0 amide bonds. The maximum Gasteiger partial charge on any atom is 0.000770 e. The number of nitrogens with one attached hydrogen (secondary N) is 1. The third-order valence-electron chi connectivity index (χ3n) is 4.62. The Kier molecular flexibility index (Phi) is 7.92. The van der Waals surface area contributed by atoms with Crippen molar-refractivity contribution in [2.75, 3.05) is 13.1 Å². The molecule has 17 heavy (non-hydrogen) atoms. The van der Waals surface area contributed by atoms with E-state index in [0.29, 0.717) is 5.41 Å². The van der Waals surface area contributed by atoms with Crippen molar-refractivity contribution in [3.63, 3.8) is 0 Å². The van der Waals surface area contributed by atoms with Crippen molar-refractivity contribution in [3.05, 3.63) is 0 Å². The molecule has 1 aliphatic rings. The molecule has 1 fully saturated rings. The molecule has 0 spiro atoms. The van der Waals surface area contributed by atoms with Gasteiger partial charge in [-0.3, -0.25) is 0 Å². The predicted molar refractivity (Wildman–Crippen MR) is 77.4 cm³/mol. The van der Waals surface area contributed by atoms with Gasteiger partial charge in [0.05, 0.1) is 0 Å². The van der Waals surface area contributed by atoms with Crippen molar-refractivity contribution in [3.8, 4) is 0 Å². The first kappa shape index (κ1) is 15.0. The lowest BCUT2D eigenvalue weighted by Gasteiger charge is -2.27. The van der Waals surface area contributed by atoms with Gasteiger partial charge in [-0.25, -0.2) is 0 Å². The Hall–Kier alpha value is -0.0400. The van der Waals surface area contributed by atoms with Gasteiger partial charge in [-0.15, -0.1) is 0 Å². The van der Waals surface area contributed by atoms with Crippen LogP contribution in [0.1, 0.15) is 84.5 Å². The van der Waals surface area contributed by atoms with Gasteiger partial charge in [0.2, 0.25) is 0 Å². The monoisotopic (exact) mass is 239 g/mol. The number of unbranched alkanes of at least 4 members (excludes halogenated alkanes) is 5. The van der Waals surface area contributed by atoms with Crippen LogP contribution >= 0.6 is 0 Å². The second kappa shape index (κ2) is 8.97. The fraction of sp³-hybridized carbons (Fsp3) is 1.00. The second-order valence-electron chi connectivity index (χ2n) is 6.01. The summed E-state index contributed by atoms with van der Waals surface area (Å²) in [5, 5.41) is 3.71. The van der Waals surface area contributed by atoms with Crippen LogP contribution in [0.3, 0.4) is 0 Å². The SMILES string of the molecule is CCCCCCCCNCC1(CC)CCCC1. The van der Waals surface area contributed by atoms with Crippen molar-refractivity contribution < 1.29 is 0 Å². The van der Waals surface area contributed by atoms with Crippen molar-refractivity contribution in [1.82, 2.24) is 5.32 Å². The first-order valence-corrected chi connectivity index (χ1v) is 8.04. The second-order valence-corrected chi connectivity index (χ2v) is 6.01. The van der Waals surface area contributed by atoms with Gasteiger partial charge in [-0.1, -0.05) is 58.8 Å². The Morgan fingerprint density at radius 2 is 1.53 bits per heavy atom. The molecule has 1 heteroatoms. The highest BCUT2D eigenvalue weighted by Crippen LogP contribution is 2.40. The molecular formula is C16H33N. The molecule has 0 heterocycles. The molecule has 102 valence electrons. The molecule has 0 aromatic carbocycles. The van der Waals surface area contributed by atoms with E-state index in [-0.39, 0.29) is 0 Å². The Bertz CT molecular complexity index is 170. The quantitative estimate of drug-likeness (QED) is 0.534. The van der Waals surface area contributed by atoms with E-state index in [4.69, 9.17) is 0 Å². The van der Waals surface area contributed by atoms with Crippen LogP contribution in [0.5, 0.6) is 0 Å². The van der Waals surface area contributed by atoms with E-state index < -0.39 is 0 Å². The van der Waals surface area contributed by atoms with E-state index in [2.05, 4.69) is 19.2 Å². The summed E-state index contributed by atoms with van der Waals surface area (Å²) < 4.78 is 0. The summed E-state index contributed by atoms with van der Waals surface area (Å²) in [6.45, 7) is 7.18. The van der Waals surface area contributed by atoms with Crippen LogP contribution in [0, 0.1) is 5.41 Å². The zero-order chi connectivity index (χ0) is 12.4. The number of hydrogen-bond acceptors (Lipinski definition) is 1. The summed E-state index contributed by atoms with van der Waals surface area (Å²) in [5.74, 6) is 0. The fourth-order valence-electron chi connectivity index (χ4n) is 3.16. The summed E-state index contributed by atoms with van der Waals surface area (Å²) in [4.78, 5) is 0. The number of rotatable bonds is 10. The highest BCUT2D eigenvalue weighted by atomic mass is 14.9. The summed E-state index contributed by atoms with van der Waals surface area (Å²) in [7, 11) is 0. The lowest BCUT2D eigenvalue weighted by molar-refractivity contribution is 0.268. The standard InChI is InChI=1S/C16H33N/c1-3-5-6-7-8-11-14-17-15-16(4-2)12-9-10-13-16/h17H,3-15H2,1-2H3. The lowest BCUT2D eigenvalue weighted by atomic mass is 9.83. The third-order valence-corrected chi connectivity index (χ3v) is 4.62. The molecule has 1 rings (SSSR count). The van der Waals surface area contributed by atoms with Gasteiger partial charge in [0.25, 0.3) is 0 Å². The van der Waals surface area contributed by atoms with E-state index in [1.807, 2.05) is 0 Å². The highest BCUT2D eigenvalue weighted by molar-refractivity contribution is 4.85. The first-order valence-electron chi connectivity index (χ1n) is 8.04. The minimum absolute atomic E-state index is 0.669. The Morgan fingerprint density at radius 3 is 2.18 bits per heavy atom. The van der Waals surface area contributed by atoms with Gasteiger partial charge in [-0.2, -0.15) is 0 Å². The van der Waals surface area contributed by atoms with E-state index in [1.165, 1.54) is 83.7 Å². The fourth-order valence-corrected chi connectivity index (χ4v) is 3.16. The van der Waals surface area contributed by atoms with Crippen LogP contribution in [0.25, 0.3) is 0 Å². The Balaban J connectivity index is 1.92. The molecule has 1 aliphatic carbocycles. The van der Waals surface area contributed by atoms with Crippen molar-refractivity contribution >= 4 is 0 Å². The zero-order valence-electron chi connectivity index (χ0n) is 12.2. The van der Waals surface area contributed by atoms with Gasteiger partial charge in [0.1, 0.15) is 0 Å². The molecule has 1 nitrogen and oxygen atoms in total. The van der Waals surface area contributed by atoms with Gasteiger partial charge in [0.15, 0.2) is 0 Å². The van der Waals surface area contributed by atoms with Crippen molar-refractivity contribution in [1.29, 1.82) is 0 Å². The zero-order valence-corrected chi connectivity index (χ0v) is 12.2. The van der Waals surface area contributed by atoms with Crippen molar-refractivity contribution in [2.45, 2.75) is 84.5 Å². The Morgan fingerprint density at radius 1 is 0.882 bits per heavy atom. The minimum Gasteiger partial charge on any atom is -0.316 e. The van der Waals surface area contributed by atoms with E-state index >= 15 is 0 Å². The molecule has 0 unspecified atom stereocenters. The summed E-state index contributed by atoms with van der Waals surface area (Å²) >= 11 is 0. The average molecular weight is 239 g/mol. The predicted octanol–water partition coefficient (Wildman–Crippen LogP) is 4.91. The molecule has 0 aromatic rings. The van der Waals surface area contributed by atoms with E-state index in [1.54, 1.807) is 0 Å². The van der Waals surface area contributed by atoms with Gasteiger partial charge in [-0.05, 0) is 37.6 Å². The van der Waals surface area contributed by atoms with Crippen LogP contribution in [0.15, 0.2) is 0 Å². The van der Waals surface area contributed by atoms with Crippen molar-refractivity contribution in [2.24, 2.45) is 5.41 Å². The maximum atomic E-state index is 3.71. The normalized spacial score (nSPS) is 18.7. The molecule has 0 radical (unpaired) electrons. The summed E-state index contributed by atoms with van der Waals surface area (Å²) in [5.41, 5.74) is 0.669. The van der Waals surface area contributed by atoms with Crippen LogP contribution < -0.4 is 5.32 Å². The van der Waals surface area contributed by atoms with Gasteiger partial charge < -0.3 is 5.32 Å². The van der Waals surface area contributed by atoms with Crippen LogP contribution in [-0.2, 0) is 0 Å². The topological polar surface area (TPSA) is 12.0 Å². The Labute approximate surface area is 109 Å². The molecule has 0 atom stereocenters. The van der Waals surface area contributed by atoms with Gasteiger partial charge in [0, 0.05) is 6.54 Å².